The first kappa shape index (κ1) is 11.1. The molecule has 1 heterocycles. The van der Waals surface area contributed by atoms with Gasteiger partial charge >= 0.3 is 0 Å². The van der Waals surface area contributed by atoms with Crippen molar-refractivity contribution >= 4 is 21.7 Å². The van der Waals surface area contributed by atoms with Crippen molar-refractivity contribution in [2.45, 2.75) is 25.8 Å². The van der Waals surface area contributed by atoms with E-state index in [1.165, 1.54) is 0 Å². The summed E-state index contributed by atoms with van der Waals surface area (Å²) >= 11 is 3.43. The lowest BCUT2D eigenvalue weighted by molar-refractivity contribution is 0.711. The van der Waals surface area contributed by atoms with Crippen LogP contribution in [0.1, 0.15) is 19.8 Å². The second kappa shape index (κ2) is 5.66. The van der Waals surface area contributed by atoms with Crippen LogP contribution in [-0.4, -0.2) is 11.0 Å². The number of aromatic nitrogens is 1. The van der Waals surface area contributed by atoms with Gasteiger partial charge in [-0.05, 0) is 34.5 Å². The van der Waals surface area contributed by atoms with Crippen molar-refractivity contribution in [2.24, 2.45) is 0 Å². The largest absolute Gasteiger partial charge is 0.365 e. The number of hydrogen-bond donors (Lipinski definition) is 1. The molecule has 14 heavy (non-hydrogen) atoms. The van der Waals surface area contributed by atoms with Crippen LogP contribution < -0.4 is 5.32 Å². The molecule has 0 amide bonds. The van der Waals surface area contributed by atoms with Gasteiger partial charge < -0.3 is 5.32 Å². The summed E-state index contributed by atoms with van der Waals surface area (Å²) in [4.78, 5) is 4.22. The molecule has 0 aliphatic heterocycles. The summed E-state index contributed by atoms with van der Waals surface area (Å²) in [5.41, 5.74) is 0. The molecule has 74 valence electrons. The summed E-state index contributed by atoms with van der Waals surface area (Å²) in [7, 11) is 0. The van der Waals surface area contributed by atoms with Crippen LogP contribution in [0, 0.1) is 12.3 Å². The van der Waals surface area contributed by atoms with Crippen LogP contribution in [0.2, 0.25) is 0 Å². The number of halogens is 1. The van der Waals surface area contributed by atoms with Crippen molar-refractivity contribution in [3.63, 3.8) is 0 Å². The fourth-order valence-electron chi connectivity index (χ4n) is 1.12. The van der Waals surface area contributed by atoms with Gasteiger partial charge in [0.2, 0.25) is 0 Å². The lowest BCUT2D eigenvalue weighted by atomic mass is 10.1. The molecule has 1 N–H and O–H groups in total. The monoisotopic (exact) mass is 252 g/mol. The van der Waals surface area contributed by atoms with Gasteiger partial charge in [-0.15, -0.1) is 12.3 Å². The molecule has 0 fully saturated rings. The summed E-state index contributed by atoms with van der Waals surface area (Å²) in [5, 5.41) is 3.30. The highest BCUT2D eigenvalue weighted by Gasteiger charge is 2.06. The van der Waals surface area contributed by atoms with Crippen molar-refractivity contribution in [1.82, 2.24) is 4.98 Å². The Morgan fingerprint density at radius 1 is 1.71 bits per heavy atom. The van der Waals surface area contributed by atoms with Gasteiger partial charge in [0.15, 0.2) is 0 Å². The van der Waals surface area contributed by atoms with Crippen LogP contribution in [0.15, 0.2) is 22.8 Å². The molecule has 0 aliphatic rings. The second-order valence-corrected chi connectivity index (χ2v) is 3.85. The first-order valence-corrected chi connectivity index (χ1v) is 5.37. The van der Waals surface area contributed by atoms with Crippen molar-refractivity contribution in [3.8, 4) is 12.3 Å². The number of hydrogen-bond acceptors (Lipinski definition) is 2. The maximum atomic E-state index is 5.27. The van der Waals surface area contributed by atoms with Gasteiger partial charge in [0.1, 0.15) is 5.82 Å². The summed E-state index contributed by atoms with van der Waals surface area (Å²) in [5.74, 6) is 3.51. The minimum Gasteiger partial charge on any atom is -0.365 e. The van der Waals surface area contributed by atoms with E-state index < -0.39 is 0 Å². The summed E-state index contributed by atoms with van der Waals surface area (Å²) in [6.45, 7) is 2.10. The van der Waals surface area contributed by atoms with Gasteiger partial charge in [-0.2, -0.15) is 0 Å². The summed E-state index contributed by atoms with van der Waals surface area (Å²) < 4.78 is 0.968. The van der Waals surface area contributed by atoms with E-state index in [0.29, 0.717) is 6.04 Å². The highest BCUT2D eigenvalue weighted by Crippen LogP contribution is 2.20. The van der Waals surface area contributed by atoms with Crippen molar-refractivity contribution in [1.29, 1.82) is 0 Å². The van der Waals surface area contributed by atoms with Crippen LogP contribution in [-0.2, 0) is 0 Å². The third-order valence-electron chi connectivity index (χ3n) is 1.96. The molecule has 1 atom stereocenters. The lowest BCUT2D eigenvalue weighted by Gasteiger charge is -2.15. The SMILES string of the molecule is C#CCC(CC)Nc1ncccc1Br. The Hall–Kier alpha value is -1.01. The Morgan fingerprint density at radius 3 is 3.07 bits per heavy atom. The number of terminal acetylenes is 1. The topological polar surface area (TPSA) is 24.9 Å². The van der Waals surface area contributed by atoms with Crippen molar-refractivity contribution in [2.75, 3.05) is 5.32 Å². The third-order valence-corrected chi connectivity index (χ3v) is 2.60. The molecule has 0 spiro atoms. The predicted molar refractivity (Wildman–Crippen MR) is 63.1 cm³/mol. The normalized spacial score (nSPS) is 11.8. The maximum Gasteiger partial charge on any atom is 0.140 e. The molecular weight excluding hydrogens is 240 g/mol. The van der Waals surface area contributed by atoms with Gasteiger partial charge in [0.25, 0.3) is 0 Å². The predicted octanol–water partition coefficient (Wildman–Crippen LogP) is 3.06. The zero-order valence-corrected chi connectivity index (χ0v) is 9.71. The molecule has 0 bridgehead atoms. The Kier molecular flexibility index (Phi) is 4.48. The van der Waals surface area contributed by atoms with Crippen LogP contribution in [0.4, 0.5) is 5.82 Å². The second-order valence-electron chi connectivity index (χ2n) is 2.99. The molecule has 3 heteroatoms. The molecule has 1 rings (SSSR count). The van der Waals surface area contributed by atoms with E-state index >= 15 is 0 Å². The molecule has 0 radical (unpaired) electrons. The Labute approximate surface area is 93.3 Å². The fraction of sp³-hybridized carbons (Fsp3) is 0.364. The number of anilines is 1. The van der Waals surface area contributed by atoms with E-state index in [2.05, 4.69) is 39.1 Å². The zero-order chi connectivity index (χ0) is 10.4. The van der Waals surface area contributed by atoms with Crippen molar-refractivity contribution < 1.29 is 0 Å². The number of nitrogens with zero attached hydrogens (tertiary/aromatic N) is 1. The molecule has 1 aromatic heterocycles. The Bertz CT molecular complexity index is 330. The maximum absolute atomic E-state index is 5.27. The highest BCUT2D eigenvalue weighted by atomic mass is 79.9. The first-order valence-electron chi connectivity index (χ1n) is 4.58. The fourth-order valence-corrected chi connectivity index (χ4v) is 1.49. The van der Waals surface area contributed by atoms with Gasteiger partial charge in [0, 0.05) is 18.7 Å². The average Bonchev–Trinajstić information content (AvgIpc) is 2.20. The molecule has 0 saturated carbocycles. The van der Waals surface area contributed by atoms with Crippen molar-refractivity contribution in [3.05, 3.63) is 22.8 Å². The molecule has 0 saturated heterocycles. The molecule has 1 aromatic rings. The zero-order valence-electron chi connectivity index (χ0n) is 8.13. The van der Waals surface area contributed by atoms with Gasteiger partial charge in [0.05, 0.1) is 4.47 Å². The first-order chi connectivity index (χ1) is 6.77. The summed E-state index contributed by atoms with van der Waals surface area (Å²) in [6.07, 6.45) is 8.75. The molecule has 1 unspecified atom stereocenters. The Morgan fingerprint density at radius 2 is 2.50 bits per heavy atom. The van der Waals surface area contributed by atoms with E-state index in [1.807, 2.05) is 12.1 Å². The summed E-state index contributed by atoms with van der Waals surface area (Å²) in [6, 6.07) is 4.14. The lowest BCUT2D eigenvalue weighted by Crippen LogP contribution is -2.18. The molecule has 2 nitrogen and oxygen atoms in total. The number of pyridine rings is 1. The third kappa shape index (κ3) is 3.04. The number of rotatable bonds is 4. The van der Waals surface area contributed by atoms with Crippen LogP contribution in [0.5, 0.6) is 0 Å². The standard InChI is InChI=1S/C11H13BrN2/c1-3-6-9(4-2)14-11-10(12)7-5-8-13-11/h1,5,7-9H,4,6H2,2H3,(H,13,14). The van der Waals surface area contributed by atoms with E-state index in [9.17, 15) is 0 Å². The van der Waals surface area contributed by atoms with Gasteiger partial charge in [-0.25, -0.2) is 4.98 Å². The minimum atomic E-state index is 0.297. The quantitative estimate of drug-likeness (QED) is 0.834. The molecular formula is C11H13BrN2. The highest BCUT2D eigenvalue weighted by molar-refractivity contribution is 9.10. The smallest absolute Gasteiger partial charge is 0.140 e. The van der Waals surface area contributed by atoms with Crippen LogP contribution in [0.25, 0.3) is 0 Å². The number of nitrogens with one attached hydrogen (secondary N) is 1. The van der Waals surface area contributed by atoms with Gasteiger partial charge in [-0.3, -0.25) is 0 Å². The van der Waals surface area contributed by atoms with Crippen LogP contribution >= 0.6 is 15.9 Å². The van der Waals surface area contributed by atoms with Gasteiger partial charge in [-0.1, -0.05) is 6.92 Å². The molecule has 0 aromatic carbocycles. The average molecular weight is 253 g/mol. The van der Waals surface area contributed by atoms with E-state index in [1.54, 1.807) is 6.20 Å². The van der Waals surface area contributed by atoms with E-state index in [-0.39, 0.29) is 0 Å². The minimum absolute atomic E-state index is 0.297. The van der Waals surface area contributed by atoms with E-state index in [4.69, 9.17) is 6.42 Å². The van der Waals surface area contributed by atoms with E-state index in [0.717, 1.165) is 23.1 Å². The Balaban J connectivity index is 2.68. The van der Waals surface area contributed by atoms with Crippen LogP contribution in [0.3, 0.4) is 0 Å². The molecule has 0 aliphatic carbocycles.